The molecule has 24 heavy (non-hydrogen) atoms. The molecular weight excluding hydrogens is 304 g/mol. The number of hydrogen-bond acceptors (Lipinski definition) is 4. The molecule has 0 aromatic heterocycles. The molecule has 3 rings (SSSR count). The molecular formula is C18H14N4O2. The molecule has 0 saturated heterocycles. The first-order chi connectivity index (χ1) is 11.5. The maximum atomic E-state index is 12.5. The van der Waals surface area contributed by atoms with Crippen molar-refractivity contribution in [2.45, 2.75) is 13.8 Å². The number of nitrogens with one attached hydrogen (secondary N) is 1. The van der Waals surface area contributed by atoms with Gasteiger partial charge >= 0.3 is 0 Å². The zero-order chi connectivity index (χ0) is 17.4. The average Bonchev–Trinajstić information content (AvgIpc) is 2.81. The Balaban J connectivity index is 1.95. The smallest absolute Gasteiger partial charge is 0.261 e. The van der Waals surface area contributed by atoms with Crippen LogP contribution < -0.4 is 5.32 Å². The quantitative estimate of drug-likeness (QED) is 0.671. The number of carbonyl (C=O) groups excluding carboxylic acids is 2. The van der Waals surface area contributed by atoms with Crippen LogP contribution >= 0.6 is 0 Å². The number of hydrogen-bond donors (Lipinski definition) is 1. The van der Waals surface area contributed by atoms with Gasteiger partial charge in [-0.25, -0.2) is 4.85 Å². The second-order valence-electron chi connectivity index (χ2n) is 5.71. The molecule has 2 heterocycles. The molecule has 0 saturated carbocycles. The monoisotopic (exact) mass is 318 g/mol. The van der Waals surface area contributed by atoms with Crippen LogP contribution in [0.2, 0.25) is 0 Å². The van der Waals surface area contributed by atoms with Crippen LogP contribution in [0.15, 0.2) is 46.9 Å². The van der Waals surface area contributed by atoms with Crippen LogP contribution in [0.4, 0.5) is 0 Å². The van der Waals surface area contributed by atoms with Gasteiger partial charge in [-0.05, 0) is 19.1 Å². The SMILES string of the molecule is [C-]#[N+]C1=C(CN2C(=O)c3ccccc3C2=O)NC(C)=C(C#N)[C@H]1C. The predicted molar refractivity (Wildman–Crippen MR) is 86.0 cm³/mol. The van der Waals surface area contributed by atoms with E-state index in [1.165, 1.54) is 0 Å². The van der Waals surface area contributed by atoms with Crippen molar-refractivity contribution in [2.24, 2.45) is 5.92 Å². The number of carbonyl (C=O) groups is 2. The van der Waals surface area contributed by atoms with Gasteiger partial charge in [0.05, 0.1) is 30.3 Å². The Labute approximate surface area is 139 Å². The summed E-state index contributed by atoms with van der Waals surface area (Å²) in [6.07, 6.45) is 0. The minimum Gasteiger partial charge on any atom is -0.370 e. The fourth-order valence-corrected chi connectivity index (χ4v) is 3.09. The Bertz CT molecular complexity index is 877. The van der Waals surface area contributed by atoms with Crippen LogP contribution in [0.5, 0.6) is 0 Å². The first-order valence-electron chi connectivity index (χ1n) is 7.43. The van der Waals surface area contributed by atoms with Crippen LogP contribution in [-0.4, -0.2) is 23.3 Å². The van der Waals surface area contributed by atoms with E-state index in [1.807, 2.05) is 0 Å². The van der Waals surface area contributed by atoms with Crippen molar-refractivity contribution in [3.05, 3.63) is 69.5 Å². The van der Waals surface area contributed by atoms with Gasteiger partial charge in [-0.2, -0.15) is 5.26 Å². The Morgan fingerprint density at radius 2 is 1.88 bits per heavy atom. The van der Waals surface area contributed by atoms with Crippen LogP contribution in [0, 0.1) is 23.8 Å². The van der Waals surface area contributed by atoms with E-state index in [0.29, 0.717) is 33.8 Å². The molecule has 2 aliphatic heterocycles. The van der Waals surface area contributed by atoms with Gasteiger partial charge in [0, 0.05) is 22.9 Å². The third-order valence-corrected chi connectivity index (χ3v) is 4.33. The highest BCUT2D eigenvalue weighted by Gasteiger charge is 2.37. The summed E-state index contributed by atoms with van der Waals surface area (Å²) < 4.78 is 0. The fraction of sp³-hybridized carbons (Fsp3) is 0.222. The van der Waals surface area contributed by atoms with Crippen LogP contribution in [0.1, 0.15) is 34.6 Å². The van der Waals surface area contributed by atoms with Crippen molar-refractivity contribution in [3.63, 3.8) is 0 Å². The Morgan fingerprint density at radius 1 is 1.29 bits per heavy atom. The maximum absolute atomic E-state index is 12.5. The van der Waals surface area contributed by atoms with E-state index in [-0.39, 0.29) is 24.3 Å². The van der Waals surface area contributed by atoms with Crippen LogP contribution in [-0.2, 0) is 0 Å². The van der Waals surface area contributed by atoms with Crippen molar-refractivity contribution in [1.29, 1.82) is 5.26 Å². The molecule has 1 atom stereocenters. The zero-order valence-electron chi connectivity index (χ0n) is 13.3. The third kappa shape index (κ3) is 2.17. The average molecular weight is 318 g/mol. The lowest BCUT2D eigenvalue weighted by Crippen LogP contribution is -2.37. The molecule has 0 fully saturated rings. The van der Waals surface area contributed by atoms with Gasteiger partial charge in [-0.3, -0.25) is 14.5 Å². The zero-order valence-corrected chi connectivity index (χ0v) is 13.3. The van der Waals surface area contributed by atoms with Gasteiger partial charge in [0.2, 0.25) is 0 Å². The second kappa shape index (κ2) is 5.68. The number of rotatable bonds is 2. The molecule has 118 valence electrons. The molecule has 1 N–H and O–H groups in total. The molecule has 0 unspecified atom stereocenters. The summed E-state index contributed by atoms with van der Waals surface area (Å²) in [6.45, 7) is 10.9. The highest BCUT2D eigenvalue weighted by atomic mass is 16.2. The maximum Gasteiger partial charge on any atom is 0.261 e. The minimum absolute atomic E-state index is 0.00948. The third-order valence-electron chi connectivity index (χ3n) is 4.33. The van der Waals surface area contributed by atoms with Gasteiger partial charge in [-0.1, -0.05) is 19.1 Å². The predicted octanol–water partition coefficient (Wildman–Crippen LogP) is 2.45. The normalized spacial score (nSPS) is 19.8. The van der Waals surface area contributed by atoms with E-state index in [2.05, 4.69) is 16.2 Å². The second-order valence-corrected chi connectivity index (χ2v) is 5.71. The summed E-state index contributed by atoms with van der Waals surface area (Å²) in [6, 6.07) is 8.77. The minimum atomic E-state index is -0.366. The largest absolute Gasteiger partial charge is 0.370 e. The molecule has 0 bridgehead atoms. The van der Waals surface area contributed by atoms with Gasteiger partial charge < -0.3 is 5.32 Å². The Kier molecular flexibility index (Phi) is 3.67. The molecule has 0 spiro atoms. The van der Waals surface area contributed by atoms with Crippen molar-refractivity contribution in [2.75, 3.05) is 6.54 Å². The van der Waals surface area contributed by atoms with E-state index >= 15 is 0 Å². The number of allylic oxidation sites excluding steroid dienone is 2. The summed E-state index contributed by atoms with van der Waals surface area (Å²) in [7, 11) is 0. The van der Waals surface area contributed by atoms with Crippen molar-refractivity contribution in [1.82, 2.24) is 10.2 Å². The van der Waals surface area contributed by atoms with Gasteiger partial charge in [0.15, 0.2) is 5.70 Å². The fourth-order valence-electron chi connectivity index (χ4n) is 3.09. The van der Waals surface area contributed by atoms with E-state index in [4.69, 9.17) is 6.57 Å². The molecule has 0 aliphatic carbocycles. The number of nitrogens with zero attached hydrogens (tertiary/aromatic N) is 3. The van der Waals surface area contributed by atoms with Crippen LogP contribution in [0.25, 0.3) is 4.85 Å². The van der Waals surface area contributed by atoms with Crippen LogP contribution in [0.3, 0.4) is 0 Å². The Morgan fingerprint density at radius 3 is 2.38 bits per heavy atom. The van der Waals surface area contributed by atoms with Gasteiger partial charge in [-0.15, -0.1) is 0 Å². The standard InChI is InChI=1S/C18H14N4O2/c1-10-14(8-19)11(2)21-15(16(10)20-3)9-22-17(23)12-6-4-5-7-13(12)18(22)24/h4-7,10,21H,9H2,1-2H3/t10-/m1/s1. The lowest BCUT2D eigenvalue weighted by atomic mass is 9.92. The molecule has 2 amide bonds. The van der Waals surface area contributed by atoms with Crippen molar-refractivity contribution in [3.8, 4) is 6.07 Å². The van der Waals surface area contributed by atoms with Gasteiger partial charge in [0.25, 0.3) is 11.8 Å². The first-order valence-corrected chi connectivity index (χ1v) is 7.43. The summed E-state index contributed by atoms with van der Waals surface area (Å²) in [4.78, 5) is 29.6. The number of benzene rings is 1. The molecule has 6 heteroatoms. The van der Waals surface area contributed by atoms with Crippen molar-refractivity contribution >= 4 is 11.8 Å². The number of fused-ring (bicyclic) bond motifs is 1. The van der Waals surface area contributed by atoms with Crippen molar-refractivity contribution < 1.29 is 9.59 Å². The summed E-state index contributed by atoms with van der Waals surface area (Å²) in [5.74, 6) is -1.09. The number of amides is 2. The molecule has 2 aliphatic rings. The van der Waals surface area contributed by atoms with E-state index < -0.39 is 0 Å². The Hall–Kier alpha value is -3.38. The number of dihydropyridines is 1. The number of imide groups is 1. The lowest BCUT2D eigenvalue weighted by molar-refractivity contribution is 0.0665. The first kappa shape index (κ1) is 15.5. The lowest BCUT2D eigenvalue weighted by Gasteiger charge is -2.27. The number of nitriles is 1. The summed E-state index contributed by atoms with van der Waals surface area (Å²) >= 11 is 0. The topological polar surface area (TPSA) is 77.6 Å². The van der Waals surface area contributed by atoms with Gasteiger partial charge in [0.1, 0.15) is 0 Å². The summed E-state index contributed by atoms with van der Waals surface area (Å²) in [5, 5.41) is 12.2. The molecule has 1 aromatic rings. The molecule has 6 nitrogen and oxygen atoms in total. The highest BCUT2D eigenvalue weighted by molar-refractivity contribution is 6.21. The van der Waals surface area contributed by atoms with E-state index in [0.717, 1.165) is 4.90 Å². The van der Waals surface area contributed by atoms with E-state index in [9.17, 15) is 14.9 Å². The molecule has 0 radical (unpaired) electrons. The summed E-state index contributed by atoms with van der Waals surface area (Å²) in [5.41, 5.74) is 2.73. The molecule has 1 aromatic carbocycles. The highest BCUT2D eigenvalue weighted by Crippen LogP contribution is 2.31. The van der Waals surface area contributed by atoms with E-state index in [1.54, 1.807) is 38.1 Å².